The van der Waals surface area contributed by atoms with Gasteiger partial charge in [-0.1, -0.05) is 6.07 Å². The molecule has 1 atom stereocenters. The van der Waals surface area contributed by atoms with E-state index in [1.54, 1.807) is 19.1 Å². The molecule has 0 aliphatic carbocycles. The monoisotopic (exact) mass is 278 g/mol. The lowest BCUT2D eigenvalue weighted by Crippen LogP contribution is -2.48. The fourth-order valence-electron chi connectivity index (χ4n) is 2.20. The summed E-state index contributed by atoms with van der Waals surface area (Å²) in [5.74, 6) is -1.01. The van der Waals surface area contributed by atoms with Crippen LogP contribution in [-0.2, 0) is 4.74 Å². The third-order valence-electron chi connectivity index (χ3n) is 3.45. The smallest absolute Gasteiger partial charge is 0.336 e. The number of rotatable bonds is 3. The molecule has 0 aromatic heterocycles. The Hall–Kier alpha value is -2.08. The molecule has 20 heavy (non-hydrogen) atoms. The molecule has 1 fully saturated rings. The minimum absolute atomic E-state index is 0.179. The van der Waals surface area contributed by atoms with E-state index in [0.717, 1.165) is 6.42 Å². The second-order valence-corrected chi connectivity index (χ2v) is 5.23. The Morgan fingerprint density at radius 1 is 1.40 bits per heavy atom. The van der Waals surface area contributed by atoms with Crippen molar-refractivity contribution in [2.24, 2.45) is 0 Å². The molecule has 2 amide bonds. The lowest BCUT2D eigenvalue weighted by molar-refractivity contribution is 0.0696. The lowest BCUT2D eigenvalue weighted by atomic mass is 10.0. The van der Waals surface area contributed by atoms with Crippen molar-refractivity contribution in [3.8, 4) is 0 Å². The van der Waals surface area contributed by atoms with Crippen molar-refractivity contribution in [3.05, 3.63) is 29.3 Å². The first-order valence-corrected chi connectivity index (χ1v) is 6.41. The van der Waals surface area contributed by atoms with Crippen molar-refractivity contribution in [2.75, 3.05) is 18.5 Å². The minimum Gasteiger partial charge on any atom is -0.478 e. The van der Waals surface area contributed by atoms with Crippen LogP contribution in [0.3, 0.4) is 0 Å². The number of ether oxygens (including phenoxy) is 1. The standard InChI is InChI=1S/C14H18N2O4/c1-9-10(12(17)18)4-3-5-11(9)15-13(19)16-14(2)6-7-20-8-14/h3-5H,6-8H2,1-2H3,(H,17,18)(H2,15,16,19). The minimum atomic E-state index is -1.01. The first-order chi connectivity index (χ1) is 9.41. The Morgan fingerprint density at radius 2 is 2.15 bits per heavy atom. The van der Waals surface area contributed by atoms with Crippen molar-refractivity contribution < 1.29 is 19.4 Å². The van der Waals surface area contributed by atoms with Gasteiger partial charge in [-0.2, -0.15) is 0 Å². The van der Waals surface area contributed by atoms with Crippen LogP contribution in [-0.4, -0.2) is 35.9 Å². The number of carboxylic acid groups (broad SMARTS) is 1. The van der Waals surface area contributed by atoms with Gasteiger partial charge in [-0.25, -0.2) is 9.59 Å². The molecular weight excluding hydrogens is 260 g/mol. The maximum absolute atomic E-state index is 12.0. The van der Waals surface area contributed by atoms with Crippen molar-refractivity contribution in [2.45, 2.75) is 25.8 Å². The van der Waals surface area contributed by atoms with E-state index >= 15 is 0 Å². The Labute approximate surface area is 117 Å². The molecule has 1 aromatic carbocycles. The van der Waals surface area contributed by atoms with E-state index in [0.29, 0.717) is 24.5 Å². The molecule has 2 rings (SSSR count). The number of urea groups is 1. The summed E-state index contributed by atoms with van der Waals surface area (Å²) in [7, 11) is 0. The number of aromatic carboxylic acids is 1. The summed E-state index contributed by atoms with van der Waals surface area (Å²) in [6.45, 7) is 4.69. The summed E-state index contributed by atoms with van der Waals surface area (Å²) < 4.78 is 5.27. The highest BCUT2D eigenvalue weighted by molar-refractivity contribution is 5.95. The molecule has 6 nitrogen and oxygen atoms in total. The van der Waals surface area contributed by atoms with Crippen LogP contribution in [0.1, 0.15) is 29.3 Å². The lowest BCUT2D eigenvalue weighted by Gasteiger charge is -2.24. The van der Waals surface area contributed by atoms with Gasteiger partial charge in [0.15, 0.2) is 0 Å². The number of anilines is 1. The van der Waals surface area contributed by atoms with Gasteiger partial charge in [0.1, 0.15) is 0 Å². The van der Waals surface area contributed by atoms with Crippen molar-refractivity contribution in [1.82, 2.24) is 5.32 Å². The second kappa shape index (κ2) is 5.50. The summed E-state index contributed by atoms with van der Waals surface area (Å²) in [4.78, 5) is 23.0. The Morgan fingerprint density at radius 3 is 2.75 bits per heavy atom. The van der Waals surface area contributed by atoms with E-state index < -0.39 is 5.97 Å². The molecule has 3 N–H and O–H groups in total. The number of carbonyl (C=O) groups excluding carboxylic acids is 1. The molecule has 0 radical (unpaired) electrons. The zero-order valence-corrected chi connectivity index (χ0v) is 11.5. The van der Waals surface area contributed by atoms with Crippen LogP contribution >= 0.6 is 0 Å². The molecule has 1 saturated heterocycles. The normalized spacial score (nSPS) is 21.5. The highest BCUT2D eigenvalue weighted by Gasteiger charge is 2.31. The third-order valence-corrected chi connectivity index (χ3v) is 3.45. The van der Waals surface area contributed by atoms with Gasteiger partial charge in [0.25, 0.3) is 0 Å². The van der Waals surface area contributed by atoms with Crippen LogP contribution in [0.15, 0.2) is 18.2 Å². The van der Waals surface area contributed by atoms with Crippen molar-refractivity contribution in [1.29, 1.82) is 0 Å². The van der Waals surface area contributed by atoms with Gasteiger partial charge in [0.05, 0.1) is 17.7 Å². The number of nitrogens with one attached hydrogen (secondary N) is 2. The summed E-state index contributed by atoms with van der Waals surface area (Å²) in [5, 5.41) is 14.6. The molecule has 1 aliphatic rings. The van der Waals surface area contributed by atoms with E-state index in [2.05, 4.69) is 10.6 Å². The first-order valence-electron chi connectivity index (χ1n) is 6.41. The summed E-state index contributed by atoms with van der Waals surface area (Å²) >= 11 is 0. The average molecular weight is 278 g/mol. The number of hydrogen-bond acceptors (Lipinski definition) is 3. The zero-order valence-electron chi connectivity index (χ0n) is 11.5. The maximum atomic E-state index is 12.0. The van der Waals surface area contributed by atoms with Gasteiger partial charge in [-0.3, -0.25) is 0 Å². The Bertz CT molecular complexity index is 536. The topological polar surface area (TPSA) is 87.7 Å². The first kappa shape index (κ1) is 14.3. The zero-order chi connectivity index (χ0) is 14.8. The average Bonchev–Trinajstić information content (AvgIpc) is 2.77. The number of carboxylic acids is 1. The number of carbonyl (C=O) groups is 2. The van der Waals surface area contributed by atoms with Crippen LogP contribution in [0.25, 0.3) is 0 Å². The molecular formula is C14H18N2O4. The van der Waals surface area contributed by atoms with Crippen LogP contribution in [0.4, 0.5) is 10.5 Å². The van der Waals surface area contributed by atoms with Gasteiger partial charge in [-0.15, -0.1) is 0 Å². The third kappa shape index (κ3) is 3.08. The van der Waals surface area contributed by atoms with Crippen molar-refractivity contribution in [3.63, 3.8) is 0 Å². The molecule has 6 heteroatoms. The highest BCUT2D eigenvalue weighted by Crippen LogP contribution is 2.20. The largest absolute Gasteiger partial charge is 0.478 e. The molecule has 108 valence electrons. The van der Waals surface area contributed by atoms with Crippen LogP contribution < -0.4 is 10.6 Å². The van der Waals surface area contributed by atoms with E-state index in [4.69, 9.17) is 9.84 Å². The molecule has 1 heterocycles. The van der Waals surface area contributed by atoms with Gasteiger partial charge in [0, 0.05) is 12.3 Å². The summed E-state index contributed by atoms with van der Waals surface area (Å²) in [6.07, 6.45) is 0.758. The summed E-state index contributed by atoms with van der Waals surface area (Å²) in [6, 6.07) is 4.43. The fraction of sp³-hybridized carbons (Fsp3) is 0.429. The van der Waals surface area contributed by atoms with Gasteiger partial charge in [0.2, 0.25) is 0 Å². The van der Waals surface area contributed by atoms with Crippen LogP contribution in [0.2, 0.25) is 0 Å². The predicted octanol–water partition coefficient (Wildman–Crippen LogP) is 1.99. The quantitative estimate of drug-likeness (QED) is 0.789. The van der Waals surface area contributed by atoms with E-state index in [1.807, 2.05) is 6.92 Å². The number of amides is 2. The van der Waals surface area contributed by atoms with E-state index in [-0.39, 0.29) is 17.1 Å². The molecule has 0 spiro atoms. The van der Waals surface area contributed by atoms with Gasteiger partial charge < -0.3 is 20.5 Å². The second-order valence-electron chi connectivity index (χ2n) is 5.23. The number of benzene rings is 1. The van der Waals surface area contributed by atoms with Gasteiger partial charge in [-0.05, 0) is 38.0 Å². The highest BCUT2D eigenvalue weighted by atomic mass is 16.5. The molecule has 0 bridgehead atoms. The summed E-state index contributed by atoms with van der Waals surface area (Å²) in [5.41, 5.74) is 0.827. The number of hydrogen-bond donors (Lipinski definition) is 3. The molecule has 0 saturated carbocycles. The Kier molecular flexibility index (Phi) is 3.94. The Balaban J connectivity index is 2.08. The van der Waals surface area contributed by atoms with Crippen LogP contribution in [0, 0.1) is 6.92 Å². The molecule has 1 unspecified atom stereocenters. The predicted molar refractivity (Wildman–Crippen MR) is 74.1 cm³/mol. The maximum Gasteiger partial charge on any atom is 0.336 e. The fourth-order valence-corrected chi connectivity index (χ4v) is 2.20. The van der Waals surface area contributed by atoms with Gasteiger partial charge >= 0.3 is 12.0 Å². The van der Waals surface area contributed by atoms with E-state index in [1.165, 1.54) is 6.07 Å². The molecule has 1 aliphatic heterocycles. The van der Waals surface area contributed by atoms with Crippen LogP contribution in [0.5, 0.6) is 0 Å². The van der Waals surface area contributed by atoms with Crippen molar-refractivity contribution >= 4 is 17.7 Å². The molecule has 1 aromatic rings. The van der Waals surface area contributed by atoms with E-state index in [9.17, 15) is 9.59 Å². The SMILES string of the molecule is Cc1c(NC(=O)NC2(C)CCOC2)cccc1C(=O)O.